The molecule has 0 bridgehead atoms. The van der Waals surface area contributed by atoms with Crippen molar-refractivity contribution < 1.29 is 29.0 Å². The van der Waals surface area contributed by atoms with Gasteiger partial charge in [0.15, 0.2) is 5.43 Å². The molecule has 0 aromatic heterocycles. The average Bonchev–Trinajstić information content (AvgIpc) is 2.71. The first-order valence-electron chi connectivity index (χ1n) is 8.79. The summed E-state index contributed by atoms with van der Waals surface area (Å²) in [5, 5.41) is 22.6. The third-order valence-electron chi connectivity index (χ3n) is 4.63. The van der Waals surface area contributed by atoms with Crippen LogP contribution in [-0.2, 0) is 4.74 Å². The highest BCUT2D eigenvalue weighted by Crippen LogP contribution is 2.42. The first-order valence-corrected chi connectivity index (χ1v) is 8.79. The molecule has 0 saturated heterocycles. The number of ether oxygens (including phenoxy) is 1. The van der Waals surface area contributed by atoms with Crippen LogP contribution in [0.1, 0.15) is 10.4 Å². The number of fused-ring (bicyclic) bond motifs is 2. The maximum absolute atomic E-state index is 12.0. The Hall–Kier alpha value is -4.33. The van der Waals surface area contributed by atoms with Gasteiger partial charge in [-0.3, -0.25) is 10.1 Å². The second-order valence-electron chi connectivity index (χ2n) is 6.50. The summed E-state index contributed by atoms with van der Waals surface area (Å²) >= 11 is 0. The topological polar surface area (TPSA) is 126 Å². The molecule has 150 valence electrons. The highest BCUT2D eigenvalue weighted by molar-refractivity contribution is 6.08. The molecule has 3 N–H and O–H groups in total. The van der Waals surface area contributed by atoms with Crippen LogP contribution in [0.4, 0.5) is 10.5 Å². The number of hydrogen-bond donors (Lipinski definition) is 3. The van der Waals surface area contributed by atoms with E-state index in [-0.39, 0.29) is 33.8 Å². The van der Waals surface area contributed by atoms with Crippen molar-refractivity contribution >= 4 is 28.7 Å². The maximum atomic E-state index is 12.0. The zero-order valence-electron chi connectivity index (χ0n) is 15.6. The summed E-state index contributed by atoms with van der Waals surface area (Å²) in [4.78, 5) is 35.3. The van der Waals surface area contributed by atoms with Crippen molar-refractivity contribution in [3.63, 3.8) is 0 Å². The number of carboxylic acid groups (broad SMARTS) is 1. The summed E-state index contributed by atoms with van der Waals surface area (Å²) in [6.45, 7) is 0. The van der Waals surface area contributed by atoms with Crippen LogP contribution >= 0.6 is 0 Å². The van der Waals surface area contributed by atoms with Crippen LogP contribution in [-0.4, -0.2) is 29.4 Å². The van der Waals surface area contributed by atoms with Gasteiger partial charge in [0, 0.05) is 34.3 Å². The van der Waals surface area contributed by atoms with Gasteiger partial charge in [0.1, 0.15) is 17.1 Å². The Morgan fingerprint density at radius 3 is 2.50 bits per heavy atom. The fraction of sp³-hybridized carbons (Fsp3) is 0.0455. The van der Waals surface area contributed by atoms with Crippen LogP contribution in [0.2, 0.25) is 0 Å². The van der Waals surface area contributed by atoms with E-state index in [4.69, 9.17) is 4.42 Å². The summed E-state index contributed by atoms with van der Waals surface area (Å²) in [6, 6.07) is 13.1. The number of amides is 1. The summed E-state index contributed by atoms with van der Waals surface area (Å²) in [5.74, 6) is -0.991. The molecule has 0 radical (unpaired) electrons. The minimum atomic E-state index is -1.21. The fourth-order valence-electron chi connectivity index (χ4n) is 3.34. The van der Waals surface area contributed by atoms with Crippen molar-refractivity contribution in [1.29, 1.82) is 0 Å². The van der Waals surface area contributed by atoms with E-state index in [2.05, 4.69) is 10.1 Å². The molecule has 0 atom stereocenters. The SMILES string of the molecule is COC(=O)Nc1ccc(-c2c3ccc(=O)cc-3oc3cc(O)ccc23)c(C(=O)O)c1. The van der Waals surface area contributed by atoms with E-state index in [9.17, 15) is 24.6 Å². The lowest BCUT2D eigenvalue weighted by molar-refractivity contribution is 0.0697. The van der Waals surface area contributed by atoms with Gasteiger partial charge in [0.2, 0.25) is 0 Å². The molecule has 1 aliphatic heterocycles. The monoisotopic (exact) mass is 405 g/mol. The number of carbonyl (C=O) groups is 2. The lowest BCUT2D eigenvalue weighted by atomic mass is 9.90. The molecule has 1 amide bonds. The Labute approximate surface area is 169 Å². The molecule has 1 aliphatic carbocycles. The molecule has 0 fully saturated rings. The van der Waals surface area contributed by atoms with E-state index in [1.807, 2.05) is 0 Å². The predicted molar refractivity (Wildman–Crippen MR) is 109 cm³/mol. The third kappa shape index (κ3) is 3.30. The molecule has 4 rings (SSSR count). The largest absolute Gasteiger partial charge is 0.508 e. The number of carbonyl (C=O) groups excluding carboxylic acids is 1. The lowest BCUT2D eigenvalue weighted by Gasteiger charge is -2.17. The van der Waals surface area contributed by atoms with Crippen molar-refractivity contribution in [2.75, 3.05) is 12.4 Å². The van der Waals surface area contributed by atoms with E-state index in [1.54, 1.807) is 24.3 Å². The summed E-state index contributed by atoms with van der Waals surface area (Å²) in [5.41, 5.74) is 1.60. The third-order valence-corrected chi connectivity index (χ3v) is 4.63. The minimum Gasteiger partial charge on any atom is -0.508 e. The molecule has 2 aliphatic rings. The lowest BCUT2D eigenvalue weighted by Crippen LogP contribution is -2.12. The van der Waals surface area contributed by atoms with Crippen molar-refractivity contribution in [1.82, 2.24) is 0 Å². The van der Waals surface area contributed by atoms with Crippen molar-refractivity contribution in [2.24, 2.45) is 0 Å². The Morgan fingerprint density at radius 1 is 1.00 bits per heavy atom. The van der Waals surface area contributed by atoms with Gasteiger partial charge in [-0.05, 0) is 42.0 Å². The molecule has 0 unspecified atom stereocenters. The van der Waals surface area contributed by atoms with Gasteiger partial charge in [-0.15, -0.1) is 0 Å². The van der Waals surface area contributed by atoms with Gasteiger partial charge in [-0.1, -0.05) is 6.07 Å². The van der Waals surface area contributed by atoms with E-state index >= 15 is 0 Å². The van der Waals surface area contributed by atoms with Gasteiger partial charge in [0.25, 0.3) is 0 Å². The van der Waals surface area contributed by atoms with Gasteiger partial charge in [-0.25, -0.2) is 9.59 Å². The van der Waals surface area contributed by atoms with Crippen molar-refractivity contribution in [3.8, 4) is 28.2 Å². The van der Waals surface area contributed by atoms with E-state index in [1.165, 1.54) is 37.4 Å². The first-order chi connectivity index (χ1) is 14.4. The Balaban J connectivity index is 2.06. The van der Waals surface area contributed by atoms with Gasteiger partial charge in [0.05, 0.1) is 12.7 Å². The number of benzene rings is 3. The normalized spacial score (nSPS) is 10.8. The van der Waals surface area contributed by atoms with E-state index in [0.717, 1.165) is 0 Å². The molecule has 0 saturated carbocycles. The molecule has 1 heterocycles. The number of phenols is 1. The molecule has 30 heavy (non-hydrogen) atoms. The summed E-state index contributed by atoms with van der Waals surface area (Å²) in [6.07, 6.45) is -0.730. The Morgan fingerprint density at radius 2 is 1.77 bits per heavy atom. The summed E-state index contributed by atoms with van der Waals surface area (Å²) in [7, 11) is 1.20. The number of methoxy groups -OCH3 is 1. The molecular weight excluding hydrogens is 390 g/mol. The molecule has 2 aromatic rings. The second-order valence-corrected chi connectivity index (χ2v) is 6.50. The molecule has 8 heteroatoms. The smallest absolute Gasteiger partial charge is 0.411 e. The quantitative estimate of drug-likeness (QED) is 0.437. The van der Waals surface area contributed by atoms with Crippen LogP contribution < -0.4 is 10.7 Å². The molecule has 8 nitrogen and oxygen atoms in total. The summed E-state index contributed by atoms with van der Waals surface area (Å²) < 4.78 is 10.3. The molecule has 2 aromatic carbocycles. The first kappa shape index (κ1) is 19.0. The van der Waals surface area contributed by atoms with Crippen LogP contribution in [0.25, 0.3) is 33.4 Å². The number of aromatic carboxylic acids is 1. The number of phenolic OH excluding ortho intramolecular Hbond substituents is 1. The number of rotatable bonds is 3. The fourth-order valence-corrected chi connectivity index (χ4v) is 3.34. The second kappa shape index (κ2) is 7.25. The maximum Gasteiger partial charge on any atom is 0.411 e. The van der Waals surface area contributed by atoms with Crippen LogP contribution in [0.5, 0.6) is 5.75 Å². The van der Waals surface area contributed by atoms with Crippen molar-refractivity contribution in [3.05, 3.63) is 70.4 Å². The van der Waals surface area contributed by atoms with Gasteiger partial charge >= 0.3 is 12.1 Å². The number of nitrogens with one attached hydrogen (secondary N) is 1. The predicted octanol–water partition coefficient (Wildman–Crippen LogP) is 4.15. The number of carboxylic acids is 1. The van der Waals surface area contributed by atoms with Crippen LogP contribution in [0.15, 0.2) is 63.8 Å². The standard InChI is InChI=1S/C22H15NO7/c1-29-22(28)23-11-2-5-14(17(8-11)21(26)27)20-15-6-3-12(24)9-18(15)30-19-10-13(25)4-7-16(19)20/h2-10,24H,1H3,(H,23,28)(H,26,27). The minimum absolute atomic E-state index is 0.0362. The zero-order chi connectivity index (χ0) is 21.4. The van der Waals surface area contributed by atoms with Crippen LogP contribution in [0.3, 0.4) is 0 Å². The molecule has 0 spiro atoms. The molecular formula is C22H15NO7. The van der Waals surface area contributed by atoms with Crippen molar-refractivity contribution in [2.45, 2.75) is 0 Å². The van der Waals surface area contributed by atoms with E-state index < -0.39 is 12.1 Å². The highest BCUT2D eigenvalue weighted by atomic mass is 16.5. The Kier molecular flexibility index (Phi) is 4.59. The number of hydrogen-bond acceptors (Lipinski definition) is 6. The van der Waals surface area contributed by atoms with Gasteiger partial charge in [-0.2, -0.15) is 0 Å². The van der Waals surface area contributed by atoms with Crippen LogP contribution in [0, 0.1) is 0 Å². The number of aromatic hydroxyl groups is 1. The number of anilines is 1. The average molecular weight is 405 g/mol. The zero-order valence-corrected chi connectivity index (χ0v) is 15.6. The van der Waals surface area contributed by atoms with E-state index in [0.29, 0.717) is 22.1 Å². The Bertz CT molecular complexity index is 1340. The highest BCUT2D eigenvalue weighted by Gasteiger charge is 2.22. The van der Waals surface area contributed by atoms with Gasteiger partial charge < -0.3 is 19.4 Å².